The Labute approximate surface area is 161 Å². The number of methoxy groups -OCH3 is 1. The van der Waals surface area contributed by atoms with Crippen LogP contribution >= 0.6 is 11.3 Å². The van der Waals surface area contributed by atoms with E-state index in [2.05, 4.69) is 15.3 Å². The summed E-state index contributed by atoms with van der Waals surface area (Å²) < 4.78 is 5.16. The number of aliphatic hydroxyl groups excluding tert-OH is 1. The molecule has 0 fully saturated rings. The third kappa shape index (κ3) is 4.43. The van der Waals surface area contributed by atoms with Crippen molar-refractivity contribution in [3.05, 3.63) is 58.3 Å². The molecule has 6 nitrogen and oxygen atoms in total. The van der Waals surface area contributed by atoms with Gasteiger partial charge < -0.3 is 15.2 Å². The molecule has 2 aromatic heterocycles. The Morgan fingerprint density at radius 1 is 1.30 bits per heavy atom. The summed E-state index contributed by atoms with van der Waals surface area (Å²) >= 11 is 1.53. The van der Waals surface area contributed by atoms with Crippen LogP contribution in [-0.4, -0.2) is 28.0 Å². The van der Waals surface area contributed by atoms with Gasteiger partial charge in [0.25, 0.3) is 0 Å². The maximum absolute atomic E-state index is 12.6. The van der Waals surface area contributed by atoms with Crippen LogP contribution in [0.3, 0.4) is 0 Å². The fourth-order valence-electron chi connectivity index (χ4n) is 2.52. The highest BCUT2D eigenvalue weighted by Crippen LogP contribution is 2.26. The Morgan fingerprint density at radius 3 is 2.70 bits per heavy atom. The topological polar surface area (TPSA) is 84.3 Å². The summed E-state index contributed by atoms with van der Waals surface area (Å²) in [7, 11) is 1.62. The van der Waals surface area contributed by atoms with E-state index in [1.54, 1.807) is 14.0 Å². The number of rotatable bonds is 7. The van der Waals surface area contributed by atoms with Crippen molar-refractivity contribution in [1.29, 1.82) is 0 Å². The smallest absolute Gasteiger partial charge is 0.211 e. The SMILES string of the molecule is CCC(O)=CC(=O)c1nc2cc(C)sc2nc1NCc1ccc(OC)cc1. The molecule has 0 amide bonds. The molecule has 0 saturated heterocycles. The number of aryl methyl sites for hydroxylation is 1. The van der Waals surface area contributed by atoms with Crippen LogP contribution in [0.5, 0.6) is 5.75 Å². The molecule has 7 heteroatoms. The van der Waals surface area contributed by atoms with Gasteiger partial charge in [-0.15, -0.1) is 11.3 Å². The number of hydrogen-bond acceptors (Lipinski definition) is 7. The molecule has 3 aromatic rings. The molecule has 2 heterocycles. The van der Waals surface area contributed by atoms with Crippen molar-refractivity contribution >= 4 is 33.3 Å². The summed E-state index contributed by atoms with van der Waals surface area (Å²) in [5, 5.41) is 12.9. The molecule has 0 unspecified atom stereocenters. The normalized spacial score (nSPS) is 11.6. The second-order valence-corrected chi connectivity index (χ2v) is 7.26. The molecule has 0 saturated carbocycles. The number of benzene rings is 1. The Balaban J connectivity index is 1.93. The highest BCUT2D eigenvalue weighted by atomic mass is 32.1. The number of ether oxygens (including phenoxy) is 1. The summed E-state index contributed by atoms with van der Waals surface area (Å²) in [6, 6.07) is 9.54. The first-order valence-corrected chi connectivity index (χ1v) is 9.40. The number of aromatic nitrogens is 2. The Bertz CT molecular complexity index is 994. The summed E-state index contributed by atoms with van der Waals surface area (Å²) in [4.78, 5) is 23.5. The van der Waals surface area contributed by atoms with Crippen LogP contribution < -0.4 is 10.1 Å². The van der Waals surface area contributed by atoms with E-state index in [1.807, 2.05) is 37.3 Å². The zero-order valence-corrected chi connectivity index (χ0v) is 16.3. The van der Waals surface area contributed by atoms with Gasteiger partial charge in [0, 0.05) is 23.9 Å². The van der Waals surface area contributed by atoms with Crippen LogP contribution in [0.25, 0.3) is 10.3 Å². The van der Waals surface area contributed by atoms with Crippen molar-refractivity contribution in [2.24, 2.45) is 0 Å². The maximum atomic E-state index is 12.6. The van der Waals surface area contributed by atoms with E-state index >= 15 is 0 Å². The number of carbonyl (C=O) groups is 1. The molecular weight excluding hydrogens is 362 g/mol. The number of fused-ring (bicyclic) bond motifs is 1. The van der Waals surface area contributed by atoms with Crippen LogP contribution in [0.4, 0.5) is 5.82 Å². The maximum Gasteiger partial charge on any atom is 0.211 e. The molecule has 0 aliphatic rings. The summed E-state index contributed by atoms with van der Waals surface area (Å²) in [5.41, 5.74) is 1.90. The molecule has 140 valence electrons. The number of hydrogen-bond donors (Lipinski definition) is 2. The van der Waals surface area contributed by atoms with Crippen molar-refractivity contribution in [2.45, 2.75) is 26.8 Å². The van der Waals surface area contributed by atoms with Crippen LogP contribution in [0.2, 0.25) is 0 Å². The van der Waals surface area contributed by atoms with Gasteiger partial charge in [-0.1, -0.05) is 19.1 Å². The monoisotopic (exact) mass is 383 g/mol. The van der Waals surface area contributed by atoms with Crippen molar-refractivity contribution in [1.82, 2.24) is 9.97 Å². The van der Waals surface area contributed by atoms with E-state index in [9.17, 15) is 9.90 Å². The van der Waals surface area contributed by atoms with Gasteiger partial charge in [-0.2, -0.15) is 0 Å². The average molecular weight is 383 g/mol. The number of nitrogens with zero attached hydrogens (tertiary/aromatic N) is 2. The second kappa shape index (κ2) is 8.18. The van der Waals surface area contributed by atoms with Crippen molar-refractivity contribution in [3.63, 3.8) is 0 Å². The third-order valence-corrected chi connectivity index (χ3v) is 4.93. The highest BCUT2D eigenvalue weighted by Gasteiger charge is 2.17. The fraction of sp³-hybridized carbons (Fsp3) is 0.250. The second-order valence-electron chi connectivity index (χ2n) is 6.02. The van der Waals surface area contributed by atoms with Crippen molar-refractivity contribution < 1.29 is 14.6 Å². The van der Waals surface area contributed by atoms with Crippen LogP contribution in [0, 0.1) is 6.92 Å². The first kappa shape index (κ1) is 18.8. The third-order valence-electron chi connectivity index (χ3n) is 4.00. The number of nitrogens with one attached hydrogen (secondary N) is 1. The van der Waals surface area contributed by atoms with Crippen molar-refractivity contribution in [2.75, 3.05) is 12.4 Å². The number of allylic oxidation sites excluding steroid dienone is 2. The quantitative estimate of drug-likeness (QED) is 0.351. The van der Waals surface area contributed by atoms with Crippen LogP contribution in [0.15, 0.2) is 42.2 Å². The van der Waals surface area contributed by atoms with Gasteiger partial charge in [0.15, 0.2) is 11.5 Å². The lowest BCUT2D eigenvalue weighted by atomic mass is 10.2. The molecule has 0 atom stereocenters. The van der Waals surface area contributed by atoms with Crippen LogP contribution in [0.1, 0.15) is 34.3 Å². The van der Waals surface area contributed by atoms with Gasteiger partial charge in [-0.05, 0) is 30.7 Å². The lowest BCUT2D eigenvalue weighted by Gasteiger charge is -2.10. The fourth-order valence-corrected chi connectivity index (χ4v) is 3.34. The van der Waals surface area contributed by atoms with Crippen LogP contribution in [-0.2, 0) is 6.54 Å². The largest absolute Gasteiger partial charge is 0.512 e. The Hall–Kier alpha value is -2.93. The Morgan fingerprint density at radius 2 is 2.04 bits per heavy atom. The van der Waals surface area contributed by atoms with Crippen molar-refractivity contribution in [3.8, 4) is 5.75 Å². The zero-order chi connectivity index (χ0) is 19.4. The van der Waals surface area contributed by atoms with E-state index < -0.39 is 0 Å². The molecule has 1 aromatic carbocycles. The number of anilines is 1. The highest BCUT2D eigenvalue weighted by molar-refractivity contribution is 7.18. The summed E-state index contributed by atoms with van der Waals surface area (Å²) in [6.45, 7) is 4.24. The van der Waals surface area contributed by atoms with Gasteiger partial charge in [0.05, 0.1) is 12.9 Å². The lowest BCUT2D eigenvalue weighted by molar-refractivity contribution is 0.103. The molecule has 3 rings (SSSR count). The van der Waals surface area contributed by atoms with Gasteiger partial charge in [-0.3, -0.25) is 4.79 Å². The zero-order valence-electron chi connectivity index (χ0n) is 15.4. The van der Waals surface area contributed by atoms with E-state index in [0.29, 0.717) is 24.3 Å². The van der Waals surface area contributed by atoms with E-state index in [4.69, 9.17) is 4.74 Å². The predicted octanol–water partition coefficient (Wildman–Crippen LogP) is 4.66. The molecule has 0 aliphatic carbocycles. The lowest BCUT2D eigenvalue weighted by Crippen LogP contribution is -2.10. The summed E-state index contributed by atoms with van der Waals surface area (Å²) in [6.07, 6.45) is 1.58. The standard InChI is InChI=1S/C20H21N3O3S/c1-4-14(24)10-17(25)18-19(23-20-16(22-18)9-12(2)27-20)21-11-13-5-7-15(26-3)8-6-13/h5-10,24H,4,11H2,1-3H3,(H,21,23). The van der Waals surface area contributed by atoms with Gasteiger partial charge in [0.2, 0.25) is 5.78 Å². The van der Waals surface area contributed by atoms with E-state index in [0.717, 1.165) is 21.0 Å². The van der Waals surface area contributed by atoms with Gasteiger partial charge >= 0.3 is 0 Å². The van der Waals surface area contributed by atoms with Gasteiger partial charge in [-0.25, -0.2) is 9.97 Å². The first-order chi connectivity index (χ1) is 13.0. The number of aliphatic hydroxyl groups is 1. The molecular formula is C20H21N3O3S. The molecule has 0 aliphatic heterocycles. The molecule has 0 radical (unpaired) electrons. The first-order valence-electron chi connectivity index (χ1n) is 8.59. The van der Waals surface area contributed by atoms with Gasteiger partial charge in [0.1, 0.15) is 16.1 Å². The average Bonchev–Trinajstić information content (AvgIpc) is 3.04. The number of thiophene rings is 1. The van der Waals surface area contributed by atoms with E-state index in [1.165, 1.54) is 17.4 Å². The molecule has 0 spiro atoms. The Kier molecular flexibility index (Phi) is 5.71. The minimum absolute atomic E-state index is 0.0181. The molecule has 2 N–H and O–H groups in total. The molecule has 27 heavy (non-hydrogen) atoms. The minimum Gasteiger partial charge on any atom is -0.512 e. The molecule has 0 bridgehead atoms. The predicted molar refractivity (Wildman–Crippen MR) is 108 cm³/mol. The minimum atomic E-state index is -0.371. The summed E-state index contributed by atoms with van der Waals surface area (Å²) in [5.74, 6) is 0.838. The number of carbonyl (C=O) groups excluding carboxylic acids is 1. The number of ketones is 1. The van der Waals surface area contributed by atoms with E-state index in [-0.39, 0.29) is 17.2 Å².